The zero-order chi connectivity index (χ0) is 22.3. The van der Waals surface area contributed by atoms with Crippen LogP contribution in [0.25, 0.3) is 10.2 Å². The molecule has 0 spiro atoms. The zero-order valence-corrected chi connectivity index (χ0v) is 19.5. The largest absolute Gasteiger partial charge is 0.322 e. The summed E-state index contributed by atoms with van der Waals surface area (Å²) in [6.07, 6.45) is 1.63. The van der Waals surface area contributed by atoms with E-state index in [2.05, 4.69) is 12.2 Å². The molecule has 10 heteroatoms. The summed E-state index contributed by atoms with van der Waals surface area (Å²) < 4.78 is 29.8. The van der Waals surface area contributed by atoms with Gasteiger partial charge < -0.3 is 9.88 Å². The summed E-state index contributed by atoms with van der Waals surface area (Å²) in [5.74, 6) is -0.0180. The van der Waals surface area contributed by atoms with Gasteiger partial charge in [-0.05, 0) is 55.2 Å². The molecule has 3 aromatic rings. The van der Waals surface area contributed by atoms with E-state index in [0.29, 0.717) is 24.7 Å². The van der Waals surface area contributed by atoms with Crippen LogP contribution in [0.1, 0.15) is 30.1 Å². The highest BCUT2D eigenvalue weighted by Crippen LogP contribution is 2.28. The average molecular weight is 480 g/mol. The Labute approximate surface area is 189 Å². The fourth-order valence-electron chi connectivity index (χ4n) is 3.62. The highest BCUT2D eigenvalue weighted by molar-refractivity contribution is 7.89. The summed E-state index contributed by atoms with van der Waals surface area (Å²) in [5.41, 5.74) is 1.35. The fourth-order valence-corrected chi connectivity index (χ4v) is 6.24. The van der Waals surface area contributed by atoms with E-state index in [4.69, 9.17) is 11.6 Å². The smallest absolute Gasteiger partial charge is 0.307 e. The lowest BCUT2D eigenvalue weighted by molar-refractivity contribution is 0.102. The van der Waals surface area contributed by atoms with Crippen molar-refractivity contribution in [1.29, 1.82) is 0 Å². The van der Waals surface area contributed by atoms with Gasteiger partial charge in [0.25, 0.3) is 5.91 Å². The molecule has 31 heavy (non-hydrogen) atoms. The summed E-state index contributed by atoms with van der Waals surface area (Å²) in [7, 11) is -2.01. The third kappa shape index (κ3) is 4.27. The molecular formula is C21H22ClN3O4S2. The Bertz CT molecular complexity index is 1320. The first-order chi connectivity index (χ1) is 14.7. The van der Waals surface area contributed by atoms with Gasteiger partial charge in [-0.3, -0.25) is 9.59 Å². The molecule has 1 fully saturated rings. The van der Waals surface area contributed by atoms with Crippen LogP contribution in [0, 0.1) is 5.92 Å². The minimum atomic E-state index is -3.70. The third-order valence-corrected chi connectivity index (χ3v) is 8.83. The molecule has 0 aliphatic carbocycles. The predicted octanol–water partition coefficient (Wildman–Crippen LogP) is 3.93. The van der Waals surface area contributed by atoms with Crippen molar-refractivity contribution in [2.45, 2.75) is 24.7 Å². The van der Waals surface area contributed by atoms with E-state index in [1.807, 2.05) is 0 Å². The van der Waals surface area contributed by atoms with Gasteiger partial charge in [-0.25, -0.2) is 8.42 Å². The molecule has 1 N–H and O–H groups in total. The molecule has 1 aliphatic heterocycles. The molecule has 0 saturated carbocycles. The number of halogens is 1. The van der Waals surface area contributed by atoms with Crippen LogP contribution in [0.5, 0.6) is 0 Å². The minimum Gasteiger partial charge on any atom is -0.322 e. The van der Waals surface area contributed by atoms with Gasteiger partial charge in [0.1, 0.15) is 0 Å². The first-order valence-electron chi connectivity index (χ1n) is 9.87. The number of carbonyl (C=O) groups excluding carboxylic acids is 1. The van der Waals surface area contributed by atoms with Crippen LogP contribution in [0.15, 0.2) is 46.1 Å². The number of sulfonamides is 1. The number of aromatic nitrogens is 1. The second-order valence-corrected chi connectivity index (χ2v) is 11.1. The summed E-state index contributed by atoms with van der Waals surface area (Å²) in [6.45, 7) is 3.04. The van der Waals surface area contributed by atoms with Crippen molar-refractivity contribution in [3.8, 4) is 0 Å². The van der Waals surface area contributed by atoms with Crippen LogP contribution < -0.4 is 10.2 Å². The second-order valence-electron chi connectivity index (χ2n) is 7.79. The number of carbonyl (C=O) groups is 1. The molecule has 164 valence electrons. The predicted molar refractivity (Wildman–Crippen MR) is 124 cm³/mol. The quantitative estimate of drug-likeness (QED) is 0.614. The van der Waals surface area contributed by atoms with Crippen molar-refractivity contribution in [1.82, 2.24) is 8.87 Å². The molecule has 7 nitrogen and oxygen atoms in total. The van der Waals surface area contributed by atoms with Crippen LogP contribution in [-0.4, -0.2) is 36.3 Å². The van der Waals surface area contributed by atoms with E-state index in [-0.39, 0.29) is 20.4 Å². The number of nitrogens with zero attached hydrogens (tertiary/aromatic N) is 2. The second kappa shape index (κ2) is 8.38. The number of benzene rings is 2. The topological polar surface area (TPSA) is 88.5 Å². The lowest BCUT2D eigenvalue weighted by Crippen LogP contribution is -2.37. The van der Waals surface area contributed by atoms with Crippen LogP contribution in [0.3, 0.4) is 0 Å². The fraction of sp³-hybridized carbons (Fsp3) is 0.333. The molecule has 0 bridgehead atoms. The summed E-state index contributed by atoms with van der Waals surface area (Å²) in [4.78, 5) is 24.7. The minimum absolute atomic E-state index is 0.0494. The summed E-state index contributed by atoms with van der Waals surface area (Å²) >= 11 is 7.31. The maximum Gasteiger partial charge on any atom is 0.307 e. The van der Waals surface area contributed by atoms with Gasteiger partial charge in [0.2, 0.25) is 10.0 Å². The van der Waals surface area contributed by atoms with Gasteiger partial charge in [0, 0.05) is 25.8 Å². The molecule has 1 aromatic heterocycles. The van der Waals surface area contributed by atoms with Crippen molar-refractivity contribution < 1.29 is 13.2 Å². The standard InChI is InChI=1S/C21H22ClN3O4S2/c1-13-7-9-25(10-8-13)31(28,29)15-4-5-17(22)16(12-15)20(26)23-14-3-6-18-19(11-14)30-21(27)24(18)2/h3-6,11-13H,7-10H2,1-2H3,(H,23,26). The van der Waals surface area contributed by atoms with Gasteiger partial charge >= 0.3 is 4.87 Å². The van der Waals surface area contributed by atoms with E-state index in [1.165, 1.54) is 27.1 Å². The van der Waals surface area contributed by atoms with E-state index in [9.17, 15) is 18.0 Å². The molecule has 2 aromatic carbocycles. The number of nitrogens with one attached hydrogen (secondary N) is 1. The Morgan fingerprint density at radius 3 is 2.58 bits per heavy atom. The molecule has 1 aliphatic rings. The number of amides is 1. The molecule has 0 radical (unpaired) electrons. The normalized spacial score (nSPS) is 16.0. The third-order valence-electron chi connectivity index (χ3n) is 5.61. The highest BCUT2D eigenvalue weighted by Gasteiger charge is 2.29. The van der Waals surface area contributed by atoms with Crippen LogP contribution in [-0.2, 0) is 17.1 Å². The number of fused-ring (bicyclic) bond motifs is 1. The molecule has 4 rings (SSSR count). The SMILES string of the molecule is CC1CCN(S(=O)(=O)c2ccc(Cl)c(C(=O)Nc3ccc4c(c3)sc(=O)n4C)c2)CC1. The number of hydrogen-bond acceptors (Lipinski definition) is 5. The first-order valence-corrected chi connectivity index (χ1v) is 12.5. The number of anilines is 1. The van der Waals surface area contributed by atoms with Crippen molar-refractivity contribution in [2.24, 2.45) is 13.0 Å². The average Bonchev–Trinajstić information content (AvgIpc) is 3.01. The van der Waals surface area contributed by atoms with Crippen molar-refractivity contribution in [2.75, 3.05) is 18.4 Å². The Kier molecular flexibility index (Phi) is 5.95. The van der Waals surface area contributed by atoms with Gasteiger partial charge in [-0.1, -0.05) is 29.9 Å². The van der Waals surface area contributed by atoms with E-state index < -0.39 is 15.9 Å². The van der Waals surface area contributed by atoms with E-state index in [1.54, 1.807) is 25.2 Å². The Hall–Kier alpha value is -2.20. The Morgan fingerprint density at radius 2 is 1.87 bits per heavy atom. The Morgan fingerprint density at radius 1 is 1.16 bits per heavy atom. The van der Waals surface area contributed by atoms with E-state index in [0.717, 1.165) is 34.4 Å². The first kappa shape index (κ1) is 22.0. The maximum absolute atomic E-state index is 13.0. The zero-order valence-electron chi connectivity index (χ0n) is 17.1. The lowest BCUT2D eigenvalue weighted by Gasteiger charge is -2.29. The Balaban J connectivity index is 1.61. The molecular weight excluding hydrogens is 458 g/mol. The van der Waals surface area contributed by atoms with Crippen LogP contribution >= 0.6 is 22.9 Å². The van der Waals surface area contributed by atoms with Crippen LogP contribution in [0.4, 0.5) is 5.69 Å². The van der Waals surface area contributed by atoms with Crippen molar-refractivity contribution in [3.63, 3.8) is 0 Å². The number of thiazole rings is 1. The van der Waals surface area contributed by atoms with Gasteiger partial charge in [-0.2, -0.15) is 4.31 Å². The summed E-state index contributed by atoms with van der Waals surface area (Å²) in [5, 5.41) is 2.91. The number of hydrogen-bond donors (Lipinski definition) is 1. The lowest BCUT2D eigenvalue weighted by atomic mass is 10.0. The molecule has 1 saturated heterocycles. The highest BCUT2D eigenvalue weighted by atomic mass is 35.5. The molecule has 0 unspecified atom stereocenters. The van der Waals surface area contributed by atoms with Crippen molar-refractivity contribution >= 4 is 54.8 Å². The molecule has 0 atom stereocenters. The van der Waals surface area contributed by atoms with Gasteiger partial charge in [0.15, 0.2) is 0 Å². The van der Waals surface area contributed by atoms with Gasteiger partial charge in [-0.15, -0.1) is 0 Å². The van der Waals surface area contributed by atoms with Crippen LogP contribution in [0.2, 0.25) is 5.02 Å². The van der Waals surface area contributed by atoms with Gasteiger partial charge in [0.05, 0.1) is 25.7 Å². The summed E-state index contributed by atoms with van der Waals surface area (Å²) in [6, 6.07) is 9.34. The number of aryl methyl sites for hydroxylation is 1. The van der Waals surface area contributed by atoms with E-state index >= 15 is 0 Å². The molecule has 1 amide bonds. The maximum atomic E-state index is 13.0. The number of rotatable bonds is 4. The molecule has 2 heterocycles. The van der Waals surface area contributed by atoms with Crippen molar-refractivity contribution in [3.05, 3.63) is 56.7 Å². The number of piperidine rings is 1. The monoisotopic (exact) mass is 479 g/mol.